The standard InChI is InChI=1S/C10H16N4O/c1-2-14-6-5-11-10(14)12-7-9(15)13-8-3-4-8/h5-6,8H,2-4,7H2,1H3,(H,11,12)(H,13,15). The van der Waals surface area contributed by atoms with Crippen LogP contribution >= 0.6 is 0 Å². The molecule has 1 amide bonds. The van der Waals surface area contributed by atoms with Crippen LogP contribution in [0, 0.1) is 0 Å². The molecule has 0 radical (unpaired) electrons. The van der Waals surface area contributed by atoms with Crippen molar-refractivity contribution in [3.8, 4) is 0 Å². The van der Waals surface area contributed by atoms with Gasteiger partial charge < -0.3 is 15.2 Å². The number of anilines is 1. The largest absolute Gasteiger partial charge is 0.352 e. The monoisotopic (exact) mass is 208 g/mol. The Kier molecular flexibility index (Phi) is 2.89. The Morgan fingerprint density at radius 1 is 1.67 bits per heavy atom. The summed E-state index contributed by atoms with van der Waals surface area (Å²) in [6.07, 6.45) is 5.86. The molecule has 0 bridgehead atoms. The van der Waals surface area contributed by atoms with Crippen LogP contribution in [-0.4, -0.2) is 28.0 Å². The molecule has 1 aromatic heterocycles. The minimum atomic E-state index is 0.0446. The lowest BCUT2D eigenvalue weighted by Gasteiger charge is -2.07. The summed E-state index contributed by atoms with van der Waals surface area (Å²) in [6.45, 7) is 3.19. The quantitative estimate of drug-likeness (QED) is 0.744. The summed E-state index contributed by atoms with van der Waals surface area (Å²) in [5.74, 6) is 0.798. The van der Waals surface area contributed by atoms with Crippen molar-refractivity contribution in [2.24, 2.45) is 0 Å². The topological polar surface area (TPSA) is 59.0 Å². The molecule has 2 rings (SSSR count). The minimum Gasteiger partial charge on any atom is -0.352 e. The van der Waals surface area contributed by atoms with Gasteiger partial charge in [-0.15, -0.1) is 0 Å². The number of hydrogen-bond donors (Lipinski definition) is 2. The predicted octanol–water partition coefficient (Wildman–Crippen LogP) is 0.593. The van der Waals surface area contributed by atoms with Gasteiger partial charge in [-0.3, -0.25) is 4.79 Å². The number of hydrogen-bond acceptors (Lipinski definition) is 3. The van der Waals surface area contributed by atoms with Gasteiger partial charge in [-0.25, -0.2) is 4.98 Å². The lowest BCUT2D eigenvalue weighted by atomic mass is 10.5. The summed E-state index contributed by atoms with van der Waals surface area (Å²) in [5.41, 5.74) is 0. The second-order valence-electron chi connectivity index (χ2n) is 3.73. The van der Waals surface area contributed by atoms with Gasteiger partial charge in [0.2, 0.25) is 11.9 Å². The zero-order valence-corrected chi connectivity index (χ0v) is 8.86. The zero-order valence-electron chi connectivity index (χ0n) is 8.86. The molecule has 0 aromatic carbocycles. The van der Waals surface area contributed by atoms with Crippen molar-refractivity contribution in [1.82, 2.24) is 14.9 Å². The molecule has 1 fully saturated rings. The average Bonchev–Trinajstić information content (AvgIpc) is 2.92. The number of aryl methyl sites for hydroxylation is 1. The van der Waals surface area contributed by atoms with Crippen LogP contribution in [0.2, 0.25) is 0 Å². The van der Waals surface area contributed by atoms with Crippen molar-refractivity contribution >= 4 is 11.9 Å². The van der Waals surface area contributed by atoms with E-state index in [1.165, 1.54) is 0 Å². The first-order valence-corrected chi connectivity index (χ1v) is 5.34. The lowest BCUT2D eigenvalue weighted by molar-refractivity contribution is -0.119. The molecule has 2 N–H and O–H groups in total. The number of carbonyl (C=O) groups is 1. The number of rotatable bonds is 5. The maximum absolute atomic E-state index is 11.4. The van der Waals surface area contributed by atoms with E-state index >= 15 is 0 Å². The third-order valence-electron chi connectivity index (χ3n) is 2.41. The number of amides is 1. The van der Waals surface area contributed by atoms with Gasteiger partial charge in [-0.1, -0.05) is 0 Å². The molecule has 1 heterocycles. The minimum absolute atomic E-state index is 0.0446. The fourth-order valence-electron chi connectivity index (χ4n) is 1.40. The highest BCUT2D eigenvalue weighted by Crippen LogP contribution is 2.18. The van der Waals surface area contributed by atoms with E-state index in [9.17, 15) is 4.79 Å². The normalized spacial score (nSPS) is 15.0. The van der Waals surface area contributed by atoms with Gasteiger partial charge in [0.1, 0.15) is 0 Å². The molecule has 1 aromatic rings. The summed E-state index contributed by atoms with van der Waals surface area (Å²) in [6, 6.07) is 0.422. The van der Waals surface area contributed by atoms with Gasteiger partial charge in [-0.2, -0.15) is 0 Å². The van der Waals surface area contributed by atoms with Crippen LogP contribution in [0.4, 0.5) is 5.95 Å². The molecule has 5 nitrogen and oxygen atoms in total. The summed E-state index contributed by atoms with van der Waals surface area (Å²) in [4.78, 5) is 15.5. The van der Waals surface area contributed by atoms with E-state index in [1.54, 1.807) is 6.20 Å². The Labute approximate surface area is 88.9 Å². The van der Waals surface area contributed by atoms with Crippen molar-refractivity contribution in [3.05, 3.63) is 12.4 Å². The second-order valence-corrected chi connectivity index (χ2v) is 3.73. The molecule has 5 heteroatoms. The Hall–Kier alpha value is -1.52. The van der Waals surface area contributed by atoms with Crippen molar-refractivity contribution in [3.63, 3.8) is 0 Å². The first-order chi connectivity index (χ1) is 7.29. The maximum atomic E-state index is 11.4. The first kappa shape index (κ1) is 10.0. The van der Waals surface area contributed by atoms with Gasteiger partial charge in [0.05, 0.1) is 6.54 Å². The van der Waals surface area contributed by atoms with Gasteiger partial charge in [0, 0.05) is 25.0 Å². The first-order valence-electron chi connectivity index (χ1n) is 5.34. The number of nitrogens with zero attached hydrogens (tertiary/aromatic N) is 2. The maximum Gasteiger partial charge on any atom is 0.239 e. The fourth-order valence-corrected chi connectivity index (χ4v) is 1.40. The van der Waals surface area contributed by atoms with Crippen molar-refractivity contribution in [2.45, 2.75) is 32.4 Å². The molecule has 1 aliphatic carbocycles. The average molecular weight is 208 g/mol. The number of carbonyl (C=O) groups excluding carboxylic acids is 1. The van der Waals surface area contributed by atoms with Crippen LogP contribution < -0.4 is 10.6 Å². The summed E-state index contributed by atoms with van der Waals surface area (Å²) < 4.78 is 1.96. The fraction of sp³-hybridized carbons (Fsp3) is 0.600. The molecule has 1 aliphatic rings. The summed E-state index contributed by atoms with van der Waals surface area (Å²) in [7, 11) is 0. The molecule has 1 saturated carbocycles. The van der Waals surface area contributed by atoms with E-state index in [0.29, 0.717) is 12.6 Å². The SMILES string of the molecule is CCn1ccnc1NCC(=O)NC1CC1. The summed E-state index contributed by atoms with van der Waals surface area (Å²) >= 11 is 0. The van der Waals surface area contributed by atoms with Crippen LogP contribution in [0.5, 0.6) is 0 Å². The van der Waals surface area contributed by atoms with Crippen LogP contribution in [0.1, 0.15) is 19.8 Å². The Balaban J connectivity index is 1.78. The van der Waals surface area contributed by atoms with Crippen LogP contribution in [0.3, 0.4) is 0 Å². The van der Waals surface area contributed by atoms with Crippen LogP contribution in [-0.2, 0) is 11.3 Å². The van der Waals surface area contributed by atoms with Gasteiger partial charge in [0.15, 0.2) is 0 Å². The highest BCUT2D eigenvalue weighted by atomic mass is 16.2. The number of nitrogens with one attached hydrogen (secondary N) is 2. The Morgan fingerprint density at radius 2 is 2.47 bits per heavy atom. The van der Waals surface area contributed by atoms with E-state index in [0.717, 1.165) is 25.3 Å². The molecule has 0 aliphatic heterocycles. The highest BCUT2D eigenvalue weighted by Gasteiger charge is 2.22. The number of aromatic nitrogens is 2. The summed E-state index contributed by atoms with van der Waals surface area (Å²) in [5, 5.41) is 5.93. The van der Waals surface area contributed by atoms with Gasteiger partial charge >= 0.3 is 0 Å². The predicted molar refractivity (Wildman–Crippen MR) is 57.6 cm³/mol. The van der Waals surface area contributed by atoms with E-state index in [1.807, 2.05) is 17.7 Å². The molecule has 82 valence electrons. The third-order valence-corrected chi connectivity index (χ3v) is 2.41. The molecular weight excluding hydrogens is 192 g/mol. The molecular formula is C10H16N4O. The Morgan fingerprint density at radius 3 is 3.13 bits per heavy atom. The number of imidazole rings is 1. The van der Waals surface area contributed by atoms with E-state index in [2.05, 4.69) is 15.6 Å². The van der Waals surface area contributed by atoms with E-state index in [4.69, 9.17) is 0 Å². The molecule has 0 spiro atoms. The van der Waals surface area contributed by atoms with E-state index < -0.39 is 0 Å². The van der Waals surface area contributed by atoms with Crippen molar-refractivity contribution in [2.75, 3.05) is 11.9 Å². The molecule has 0 atom stereocenters. The van der Waals surface area contributed by atoms with Crippen molar-refractivity contribution < 1.29 is 4.79 Å². The molecule has 0 unspecified atom stereocenters. The van der Waals surface area contributed by atoms with Gasteiger partial charge in [0.25, 0.3) is 0 Å². The van der Waals surface area contributed by atoms with Gasteiger partial charge in [-0.05, 0) is 19.8 Å². The second kappa shape index (κ2) is 4.33. The zero-order chi connectivity index (χ0) is 10.7. The molecule has 15 heavy (non-hydrogen) atoms. The molecule has 0 saturated heterocycles. The Bertz CT molecular complexity index is 343. The third kappa shape index (κ3) is 2.71. The van der Waals surface area contributed by atoms with Crippen LogP contribution in [0.15, 0.2) is 12.4 Å². The lowest BCUT2D eigenvalue weighted by Crippen LogP contribution is -2.31. The van der Waals surface area contributed by atoms with Crippen molar-refractivity contribution in [1.29, 1.82) is 0 Å². The highest BCUT2D eigenvalue weighted by molar-refractivity contribution is 5.80. The van der Waals surface area contributed by atoms with E-state index in [-0.39, 0.29) is 5.91 Å². The smallest absolute Gasteiger partial charge is 0.239 e. The van der Waals surface area contributed by atoms with Crippen LogP contribution in [0.25, 0.3) is 0 Å².